The molecule has 170 valence electrons. The quantitative estimate of drug-likeness (QED) is 0.703. The summed E-state index contributed by atoms with van der Waals surface area (Å²) in [5.41, 5.74) is 7.29. The van der Waals surface area contributed by atoms with E-state index in [-0.39, 0.29) is 17.6 Å². The average molecular weight is 431 g/mol. The van der Waals surface area contributed by atoms with Crippen molar-refractivity contribution < 1.29 is 14.0 Å². The van der Waals surface area contributed by atoms with E-state index in [0.717, 1.165) is 51.2 Å². The third-order valence-corrected chi connectivity index (χ3v) is 7.48. The van der Waals surface area contributed by atoms with Gasteiger partial charge in [0, 0.05) is 38.1 Å². The van der Waals surface area contributed by atoms with E-state index >= 15 is 0 Å². The molecule has 2 heterocycles. The highest BCUT2D eigenvalue weighted by Gasteiger charge is 2.30. The number of nitrogens with one attached hydrogen (secondary N) is 1. The fraction of sp³-hybridized carbons (Fsp3) is 0.667. The Bertz CT molecular complexity index is 801. The highest BCUT2D eigenvalue weighted by atomic mass is 19.1. The fourth-order valence-electron chi connectivity index (χ4n) is 5.48. The van der Waals surface area contributed by atoms with Crippen LogP contribution in [0.3, 0.4) is 0 Å². The number of benzene rings is 1. The summed E-state index contributed by atoms with van der Waals surface area (Å²) >= 11 is 0. The average Bonchev–Trinajstić information content (AvgIpc) is 2.75. The highest BCUT2D eigenvalue weighted by molar-refractivity contribution is 6.00. The number of nitrogens with two attached hydrogens (primary N) is 1. The molecule has 1 unspecified atom stereocenters. The van der Waals surface area contributed by atoms with Crippen LogP contribution in [0.1, 0.15) is 62.8 Å². The van der Waals surface area contributed by atoms with Crippen LogP contribution in [0.15, 0.2) is 18.2 Å². The summed E-state index contributed by atoms with van der Waals surface area (Å²) in [5.74, 6) is -0.562. The molecule has 31 heavy (non-hydrogen) atoms. The number of carbonyl (C=O) groups is 2. The van der Waals surface area contributed by atoms with Crippen LogP contribution in [-0.4, -0.2) is 55.5 Å². The largest absolute Gasteiger partial charge is 0.369 e. The Morgan fingerprint density at radius 3 is 2.45 bits per heavy atom. The van der Waals surface area contributed by atoms with Gasteiger partial charge < -0.3 is 15.5 Å². The van der Waals surface area contributed by atoms with E-state index in [0.29, 0.717) is 36.2 Å². The maximum absolute atomic E-state index is 14.9. The van der Waals surface area contributed by atoms with Crippen LogP contribution in [0.25, 0.3) is 0 Å². The number of hydrogen-bond acceptors (Lipinski definition) is 5. The van der Waals surface area contributed by atoms with E-state index in [2.05, 4.69) is 22.2 Å². The van der Waals surface area contributed by atoms with E-state index in [1.54, 1.807) is 6.07 Å². The number of anilines is 1. The number of hydrogen-bond donors (Lipinski definition) is 2. The van der Waals surface area contributed by atoms with Crippen molar-refractivity contribution in [3.63, 3.8) is 0 Å². The lowest BCUT2D eigenvalue weighted by molar-refractivity contribution is -0.134. The van der Waals surface area contributed by atoms with Crippen molar-refractivity contribution in [3.8, 4) is 0 Å². The smallest absolute Gasteiger partial charge is 0.234 e. The molecule has 7 heteroatoms. The van der Waals surface area contributed by atoms with Crippen LogP contribution in [-0.2, 0) is 9.59 Å². The zero-order valence-corrected chi connectivity index (χ0v) is 18.5. The van der Waals surface area contributed by atoms with Gasteiger partial charge in [-0.2, -0.15) is 0 Å². The summed E-state index contributed by atoms with van der Waals surface area (Å²) in [6.07, 6.45) is 7.54. The first-order valence-electron chi connectivity index (χ1n) is 11.7. The first-order valence-corrected chi connectivity index (χ1v) is 11.7. The van der Waals surface area contributed by atoms with E-state index in [9.17, 15) is 14.0 Å². The van der Waals surface area contributed by atoms with Gasteiger partial charge in [0.1, 0.15) is 5.82 Å². The topological polar surface area (TPSA) is 78.7 Å². The van der Waals surface area contributed by atoms with E-state index in [4.69, 9.17) is 5.73 Å². The van der Waals surface area contributed by atoms with Crippen molar-refractivity contribution in [3.05, 3.63) is 29.6 Å². The summed E-state index contributed by atoms with van der Waals surface area (Å²) < 4.78 is 14.9. The summed E-state index contributed by atoms with van der Waals surface area (Å²) in [7, 11) is 2.23. The molecule has 3 aliphatic rings. The molecular weight excluding hydrogens is 395 g/mol. The molecule has 1 aromatic rings. The third kappa shape index (κ3) is 5.26. The zero-order chi connectivity index (χ0) is 22.0. The van der Waals surface area contributed by atoms with Crippen LogP contribution in [0.4, 0.5) is 10.1 Å². The van der Waals surface area contributed by atoms with Gasteiger partial charge >= 0.3 is 0 Å². The summed E-state index contributed by atoms with van der Waals surface area (Å²) in [6.45, 7) is 2.80. The summed E-state index contributed by atoms with van der Waals surface area (Å²) in [5, 5.41) is 2.35. The van der Waals surface area contributed by atoms with Crippen molar-refractivity contribution in [1.82, 2.24) is 10.2 Å². The normalized spacial score (nSPS) is 28.1. The van der Waals surface area contributed by atoms with Crippen molar-refractivity contribution in [2.45, 2.75) is 69.4 Å². The molecule has 0 bridgehead atoms. The Hall–Kier alpha value is -1.99. The number of amides is 2. The van der Waals surface area contributed by atoms with Crippen LogP contribution in [0, 0.1) is 11.7 Å². The molecule has 2 amide bonds. The lowest BCUT2D eigenvalue weighted by Crippen LogP contribution is -2.45. The van der Waals surface area contributed by atoms with E-state index < -0.39 is 5.92 Å². The monoisotopic (exact) mass is 430 g/mol. The van der Waals surface area contributed by atoms with Gasteiger partial charge in [-0.25, -0.2) is 4.39 Å². The predicted octanol–water partition coefficient (Wildman–Crippen LogP) is 2.76. The second-order valence-corrected chi connectivity index (χ2v) is 9.65. The van der Waals surface area contributed by atoms with Crippen LogP contribution < -0.4 is 16.0 Å². The summed E-state index contributed by atoms with van der Waals surface area (Å²) in [6, 6.07) is 6.04. The molecule has 1 atom stereocenters. The fourth-order valence-corrected chi connectivity index (χ4v) is 5.48. The predicted molar refractivity (Wildman–Crippen MR) is 119 cm³/mol. The maximum Gasteiger partial charge on any atom is 0.234 e. The van der Waals surface area contributed by atoms with E-state index in [1.807, 2.05) is 6.07 Å². The first-order chi connectivity index (χ1) is 14.9. The number of imide groups is 1. The molecule has 0 aromatic heterocycles. The van der Waals surface area contributed by atoms with Gasteiger partial charge in [-0.1, -0.05) is 6.07 Å². The molecular formula is C24H35FN4O2. The second-order valence-electron chi connectivity index (χ2n) is 9.65. The van der Waals surface area contributed by atoms with Crippen LogP contribution >= 0.6 is 0 Å². The van der Waals surface area contributed by atoms with Crippen molar-refractivity contribution in [1.29, 1.82) is 0 Å². The molecule has 2 aliphatic heterocycles. The maximum atomic E-state index is 14.9. The van der Waals surface area contributed by atoms with Crippen molar-refractivity contribution in [2.75, 3.05) is 31.6 Å². The number of piperidine rings is 2. The molecule has 2 saturated heterocycles. The van der Waals surface area contributed by atoms with Crippen LogP contribution in [0.5, 0.6) is 0 Å². The SMILES string of the molecule is CN(C[C@H]1CC[C@H](N)CC1)C1CCN(c2ccc(C3CCC(=O)NC3=O)cc2F)CC1. The number of carbonyl (C=O) groups excluding carboxylic acids is 2. The molecule has 3 N–H and O–H groups in total. The van der Waals surface area contributed by atoms with Gasteiger partial charge in [0.25, 0.3) is 0 Å². The van der Waals surface area contributed by atoms with Gasteiger partial charge in [0.2, 0.25) is 11.8 Å². The minimum absolute atomic E-state index is 0.252. The van der Waals surface area contributed by atoms with Gasteiger partial charge in [-0.15, -0.1) is 0 Å². The molecule has 1 aliphatic carbocycles. The Labute approximate surface area is 184 Å². The first kappa shape index (κ1) is 22.2. The minimum Gasteiger partial charge on any atom is -0.369 e. The molecule has 6 nitrogen and oxygen atoms in total. The lowest BCUT2D eigenvalue weighted by Gasteiger charge is -2.40. The van der Waals surface area contributed by atoms with Crippen LogP contribution in [0.2, 0.25) is 0 Å². The van der Waals surface area contributed by atoms with Gasteiger partial charge in [-0.05, 0) is 75.6 Å². The van der Waals surface area contributed by atoms with Crippen molar-refractivity contribution in [2.24, 2.45) is 11.7 Å². The number of rotatable bonds is 5. The molecule has 4 rings (SSSR count). The Balaban J connectivity index is 1.31. The second kappa shape index (κ2) is 9.65. The van der Waals surface area contributed by atoms with Gasteiger partial charge in [0.15, 0.2) is 0 Å². The van der Waals surface area contributed by atoms with Gasteiger partial charge in [-0.3, -0.25) is 14.9 Å². The molecule has 0 spiro atoms. The highest BCUT2D eigenvalue weighted by Crippen LogP contribution is 2.31. The Morgan fingerprint density at radius 1 is 1.10 bits per heavy atom. The summed E-state index contributed by atoms with van der Waals surface area (Å²) in [4.78, 5) is 28.1. The molecule has 0 radical (unpaired) electrons. The lowest BCUT2D eigenvalue weighted by atomic mass is 9.85. The third-order valence-electron chi connectivity index (χ3n) is 7.48. The number of nitrogens with zero attached hydrogens (tertiary/aromatic N) is 2. The Kier molecular flexibility index (Phi) is 6.92. The molecule has 3 fully saturated rings. The van der Waals surface area contributed by atoms with Crippen molar-refractivity contribution >= 4 is 17.5 Å². The van der Waals surface area contributed by atoms with Gasteiger partial charge in [0.05, 0.1) is 11.6 Å². The Morgan fingerprint density at radius 2 is 1.81 bits per heavy atom. The molecule has 1 aromatic carbocycles. The van der Waals surface area contributed by atoms with E-state index in [1.165, 1.54) is 18.9 Å². The molecule has 1 saturated carbocycles. The zero-order valence-electron chi connectivity index (χ0n) is 18.5. The minimum atomic E-state index is -0.449. The number of halogens is 1. The standard InChI is InChI=1S/C24H35FN4O2/c1-28(15-16-2-5-18(26)6-3-16)19-10-12-29(13-11-19)22-8-4-17(14-21(22)25)20-7-9-23(30)27-24(20)31/h4,8,14,16,18-20H,2-3,5-7,9-13,15,26H2,1H3,(H,27,30,31)/t16-,18-,20?.